The monoisotopic (exact) mass is 265 g/mol. The van der Waals surface area contributed by atoms with E-state index in [2.05, 4.69) is 30.4 Å². The second-order valence-corrected chi connectivity index (χ2v) is 5.37. The number of hydrogen-bond acceptors (Lipinski definition) is 2. The number of rotatable bonds is 4. The van der Waals surface area contributed by atoms with Crippen LogP contribution in [0.5, 0.6) is 0 Å². The zero-order chi connectivity index (χ0) is 13.9. The number of aryl methyl sites for hydroxylation is 1. The molecule has 0 saturated carbocycles. The minimum absolute atomic E-state index is 0.121. The van der Waals surface area contributed by atoms with Crippen LogP contribution in [-0.4, -0.2) is 11.8 Å². The first-order valence-electron chi connectivity index (χ1n) is 7.25. The van der Waals surface area contributed by atoms with Crippen LogP contribution in [0.2, 0.25) is 0 Å². The largest absolute Gasteiger partial charge is 0.374 e. The smallest absolute Gasteiger partial charge is 0.185 e. The molecule has 3 rings (SSSR count). The van der Waals surface area contributed by atoms with Gasteiger partial charge in [0.05, 0.1) is 6.04 Å². The van der Waals surface area contributed by atoms with Crippen molar-refractivity contribution in [2.24, 2.45) is 0 Å². The quantitative estimate of drug-likeness (QED) is 0.850. The van der Waals surface area contributed by atoms with Crippen LogP contribution in [-0.2, 0) is 12.8 Å². The predicted octanol–water partition coefficient (Wildman–Crippen LogP) is 3.86. The number of fused-ring (bicyclic) bond motifs is 1. The van der Waals surface area contributed by atoms with Gasteiger partial charge in [0.2, 0.25) is 0 Å². The third kappa shape index (κ3) is 2.46. The van der Waals surface area contributed by atoms with Gasteiger partial charge in [-0.2, -0.15) is 0 Å². The zero-order valence-corrected chi connectivity index (χ0v) is 11.7. The first-order valence-corrected chi connectivity index (χ1v) is 7.25. The molecule has 1 unspecified atom stereocenters. The van der Waals surface area contributed by atoms with E-state index >= 15 is 0 Å². The molecule has 1 aliphatic rings. The lowest BCUT2D eigenvalue weighted by Crippen LogP contribution is -2.27. The Labute approximate surface area is 119 Å². The Morgan fingerprint density at radius 1 is 1.15 bits per heavy atom. The third-order valence-electron chi connectivity index (χ3n) is 3.86. The molecule has 0 saturated heterocycles. The van der Waals surface area contributed by atoms with Crippen molar-refractivity contribution in [1.82, 2.24) is 0 Å². The minimum atomic E-state index is -0.121. The number of nitrogens with one attached hydrogen (secondary N) is 1. The summed E-state index contributed by atoms with van der Waals surface area (Å²) in [6.45, 7) is 2.17. The molecule has 2 aromatic carbocycles. The van der Waals surface area contributed by atoms with Crippen molar-refractivity contribution in [1.29, 1.82) is 0 Å². The molecule has 2 nitrogen and oxygen atoms in total. The molecule has 0 amide bonds. The van der Waals surface area contributed by atoms with Crippen LogP contribution < -0.4 is 5.32 Å². The first kappa shape index (κ1) is 12.9. The average molecular weight is 265 g/mol. The Bertz CT molecular complexity index is 591. The van der Waals surface area contributed by atoms with Crippen LogP contribution in [0, 0.1) is 0 Å². The predicted molar refractivity (Wildman–Crippen MR) is 82.3 cm³/mol. The summed E-state index contributed by atoms with van der Waals surface area (Å²) in [4.78, 5) is 12.5. The van der Waals surface area contributed by atoms with E-state index in [0.717, 1.165) is 30.5 Å². The third-order valence-corrected chi connectivity index (χ3v) is 3.86. The van der Waals surface area contributed by atoms with Gasteiger partial charge < -0.3 is 5.32 Å². The SMILES string of the molecule is CCCc1ccc(C(=O)C2Cc3ccccc3N2)cc1. The van der Waals surface area contributed by atoms with Crippen LogP contribution in [0.1, 0.15) is 34.8 Å². The molecule has 1 aliphatic heterocycles. The fraction of sp³-hybridized carbons (Fsp3) is 0.278. The zero-order valence-electron chi connectivity index (χ0n) is 11.7. The molecule has 102 valence electrons. The molecule has 0 aliphatic carbocycles. The van der Waals surface area contributed by atoms with Crippen molar-refractivity contribution in [2.45, 2.75) is 32.2 Å². The van der Waals surface area contributed by atoms with Crippen LogP contribution in [0.15, 0.2) is 48.5 Å². The Morgan fingerprint density at radius 3 is 2.60 bits per heavy atom. The first-order chi connectivity index (χ1) is 9.78. The summed E-state index contributed by atoms with van der Waals surface area (Å²) >= 11 is 0. The highest BCUT2D eigenvalue weighted by molar-refractivity contribution is 6.02. The van der Waals surface area contributed by atoms with Crippen molar-refractivity contribution in [3.63, 3.8) is 0 Å². The maximum atomic E-state index is 12.5. The molecule has 1 N–H and O–H groups in total. The Kier molecular flexibility index (Phi) is 3.55. The van der Waals surface area contributed by atoms with E-state index in [0.29, 0.717) is 0 Å². The van der Waals surface area contributed by atoms with Gasteiger partial charge in [-0.25, -0.2) is 0 Å². The normalized spacial score (nSPS) is 16.6. The van der Waals surface area contributed by atoms with Gasteiger partial charge in [0.1, 0.15) is 0 Å². The summed E-state index contributed by atoms with van der Waals surface area (Å²) in [7, 11) is 0. The van der Waals surface area contributed by atoms with Gasteiger partial charge in [-0.3, -0.25) is 4.79 Å². The van der Waals surface area contributed by atoms with Crippen molar-refractivity contribution < 1.29 is 4.79 Å². The van der Waals surface area contributed by atoms with Crippen molar-refractivity contribution in [2.75, 3.05) is 5.32 Å². The number of anilines is 1. The fourth-order valence-electron chi connectivity index (χ4n) is 2.78. The molecule has 20 heavy (non-hydrogen) atoms. The molecule has 1 atom stereocenters. The molecular weight excluding hydrogens is 246 g/mol. The minimum Gasteiger partial charge on any atom is -0.374 e. The second-order valence-electron chi connectivity index (χ2n) is 5.37. The van der Waals surface area contributed by atoms with Crippen LogP contribution in [0.4, 0.5) is 5.69 Å². The van der Waals surface area contributed by atoms with E-state index in [1.54, 1.807) is 0 Å². The number of carbonyl (C=O) groups is 1. The van der Waals surface area contributed by atoms with E-state index in [9.17, 15) is 4.79 Å². The topological polar surface area (TPSA) is 29.1 Å². The molecule has 0 bridgehead atoms. The van der Waals surface area contributed by atoms with E-state index in [1.807, 2.05) is 30.3 Å². The van der Waals surface area contributed by atoms with Crippen molar-refractivity contribution in [3.8, 4) is 0 Å². The number of hydrogen-bond donors (Lipinski definition) is 1. The number of para-hydroxylation sites is 1. The molecule has 0 radical (unpaired) electrons. The second kappa shape index (κ2) is 5.49. The maximum absolute atomic E-state index is 12.5. The van der Waals surface area contributed by atoms with Gasteiger partial charge in [-0.15, -0.1) is 0 Å². The molecular formula is C18H19NO. The van der Waals surface area contributed by atoms with Crippen LogP contribution in [0.25, 0.3) is 0 Å². The summed E-state index contributed by atoms with van der Waals surface area (Å²) < 4.78 is 0. The summed E-state index contributed by atoms with van der Waals surface area (Å²) in [6.07, 6.45) is 2.99. The highest BCUT2D eigenvalue weighted by atomic mass is 16.1. The van der Waals surface area contributed by atoms with Gasteiger partial charge in [0.25, 0.3) is 0 Å². The highest BCUT2D eigenvalue weighted by Gasteiger charge is 2.26. The van der Waals surface area contributed by atoms with Gasteiger partial charge in [0.15, 0.2) is 5.78 Å². The maximum Gasteiger partial charge on any atom is 0.185 e. The standard InChI is InChI=1S/C18H19NO/c1-2-5-13-8-10-14(11-9-13)18(20)17-12-15-6-3-4-7-16(15)19-17/h3-4,6-11,17,19H,2,5,12H2,1H3. The molecule has 2 heteroatoms. The summed E-state index contributed by atoms with van der Waals surface area (Å²) in [5.41, 5.74) is 4.42. The van der Waals surface area contributed by atoms with Gasteiger partial charge in [0, 0.05) is 17.7 Å². The van der Waals surface area contributed by atoms with Crippen molar-refractivity contribution in [3.05, 3.63) is 65.2 Å². The van der Waals surface area contributed by atoms with Crippen molar-refractivity contribution >= 4 is 11.5 Å². The lowest BCUT2D eigenvalue weighted by molar-refractivity contribution is 0.0971. The fourth-order valence-corrected chi connectivity index (χ4v) is 2.78. The lowest BCUT2D eigenvalue weighted by Gasteiger charge is -2.10. The van der Waals surface area contributed by atoms with E-state index in [-0.39, 0.29) is 11.8 Å². The Hall–Kier alpha value is -2.09. The summed E-state index contributed by atoms with van der Waals surface area (Å²) in [5, 5.41) is 3.32. The molecule has 0 fully saturated rings. The number of carbonyl (C=O) groups excluding carboxylic acids is 1. The molecule has 1 heterocycles. The average Bonchev–Trinajstić information content (AvgIpc) is 2.91. The van der Waals surface area contributed by atoms with Gasteiger partial charge in [-0.05, 0) is 23.6 Å². The van der Waals surface area contributed by atoms with E-state index < -0.39 is 0 Å². The van der Waals surface area contributed by atoms with Crippen LogP contribution in [0.3, 0.4) is 0 Å². The van der Waals surface area contributed by atoms with Crippen LogP contribution >= 0.6 is 0 Å². The summed E-state index contributed by atoms with van der Waals surface area (Å²) in [5.74, 6) is 0.184. The highest BCUT2D eigenvalue weighted by Crippen LogP contribution is 2.26. The number of Topliss-reactive ketones (excluding diaryl/α,β-unsaturated/α-hetero) is 1. The van der Waals surface area contributed by atoms with E-state index in [4.69, 9.17) is 0 Å². The Morgan fingerprint density at radius 2 is 1.90 bits per heavy atom. The molecule has 0 aromatic heterocycles. The van der Waals surface area contributed by atoms with Gasteiger partial charge in [-0.1, -0.05) is 55.8 Å². The lowest BCUT2D eigenvalue weighted by atomic mass is 9.99. The molecule has 2 aromatic rings. The number of ketones is 1. The summed E-state index contributed by atoms with van der Waals surface area (Å²) in [6, 6.07) is 16.1. The molecule has 0 spiro atoms. The number of benzene rings is 2. The Balaban J connectivity index is 1.74. The van der Waals surface area contributed by atoms with Gasteiger partial charge >= 0.3 is 0 Å². The van der Waals surface area contributed by atoms with E-state index in [1.165, 1.54) is 11.1 Å².